The second-order valence-electron chi connectivity index (χ2n) is 5.32. The van der Waals surface area contributed by atoms with Crippen molar-refractivity contribution in [1.29, 1.82) is 0 Å². The van der Waals surface area contributed by atoms with Gasteiger partial charge < -0.3 is 4.90 Å². The van der Waals surface area contributed by atoms with E-state index in [1.807, 2.05) is 6.08 Å². The molecule has 0 saturated carbocycles. The summed E-state index contributed by atoms with van der Waals surface area (Å²) in [5, 5.41) is 0. The Morgan fingerprint density at radius 3 is 2.50 bits per heavy atom. The van der Waals surface area contributed by atoms with Gasteiger partial charge in [0, 0.05) is 23.0 Å². The van der Waals surface area contributed by atoms with Crippen molar-refractivity contribution in [3.05, 3.63) is 83.5 Å². The second kappa shape index (κ2) is 4.41. The molecule has 1 nitrogen and oxygen atoms in total. The maximum absolute atomic E-state index is 6.03. The second-order valence-corrected chi connectivity index (χ2v) is 5.32. The molecule has 1 aliphatic heterocycles. The predicted molar refractivity (Wildman–Crippen MR) is 84.3 cm³/mol. The van der Waals surface area contributed by atoms with E-state index >= 15 is 0 Å². The van der Waals surface area contributed by atoms with E-state index in [1.54, 1.807) is 0 Å². The third-order valence-electron chi connectivity index (χ3n) is 4.09. The molecule has 2 aliphatic rings. The lowest BCUT2D eigenvalue weighted by atomic mass is 9.79. The van der Waals surface area contributed by atoms with Crippen molar-refractivity contribution < 1.29 is 0 Å². The van der Waals surface area contributed by atoms with Gasteiger partial charge in [0.2, 0.25) is 0 Å². The van der Waals surface area contributed by atoms with Gasteiger partial charge in [-0.15, -0.1) is 5.47 Å². The molecule has 2 aromatic carbocycles. The Labute approximate surface area is 120 Å². The smallest absolute Gasteiger partial charge is 0.107 e. The van der Waals surface area contributed by atoms with Gasteiger partial charge in [0.15, 0.2) is 0 Å². The summed E-state index contributed by atoms with van der Waals surface area (Å²) in [5.74, 6) is 0.386. The molecule has 0 saturated heterocycles. The molecule has 1 heterocycles. The number of benzene rings is 2. The Hall–Kier alpha value is -2.22. The van der Waals surface area contributed by atoms with Crippen LogP contribution in [-0.2, 0) is 0 Å². The first-order chi connectivity index (χ1) is 9.84. The highest BCUT2D eigenvalue weighted by atomic mass is 15.2. The quantitative estimate of drug-likeness (QED) is 0.688. The lowest BCUT2D eigenvalue weighted by Gasteiger charge is -2.25. The highest BCUT2D eigenvalue weighted by Crippen LogP contribution is 2.50. The van der Waals surface area contributed by atoms with E-state index in [0.717, 1.165) is 11.9 Å². The van der Waals surface area contributed by atoms with Crippen LogP contribution in [0.1, 0.15) is 17.9 Å². The minimum atomic E-state index is 0.386. The van der Waals surface area contributed by atoms with Gasteiger partial charge in [-0.3, -0.25) is 0 Å². The Morgan fingerprint density at radius 2 is 1.65 bits per heavy atom. The molecule has 2 aromatic rings. The summed E-state index contributed by atoms with van der Waals surface area (Å²) in [6.45, 7) is 0. The topological polar surface area (TPSA) is 3.24 Å². The normalized spacial score (nSPS) is 20.0. The summed E-state index contributed by atoms with van der Waals surface area (Å²) in [6, 6.07) is 19.1. The van der Waals surface area contributed by atoms with Gasteiger partial charge in [0.1, 0.15) is 7.85 Å². The van der Waals surface area contributed by atoms with E-state index in [2.05, 4.69) is 65.6 Å². The number of nitrogens with zero attached hydrogens (tertiary/aromatic N) is 1. The summed E-state index contributed by atoms with van der Waals surface area (Å²) in [7, 11) is 6.03. The lowest BCUT2D eigenvalue weighted by Crippen LogP contribution is -2.15. The fraction of sp³-hybridized carbons (Fsp3) is 0.111. The average molecular weight is 255 g/mol. The van der Waals surface area contributed by atoms with Crippen molar-refractivity contribution in [3.8, 4) is 0 Å². The molecule has 0 aromatic heterocycles. The predicted octanol–water partition coefficient (Wildman–Crippen LogP) is 4.26. The van der Waals surface area contributed by atoms with Crippen molar-refractivity contribution in [2.24, 2.45) is 0 Å². The number of hydrogen-bond acceptors (Lipinski definition) is 1. The van der Waals surface area contributed by atoms with Crippen LogP contribution in [0.2, 0.25) is 0 Å². The average Bonchev–Trinajstić information content (AvgIpc) is 2.82. The number of allylic oxidation sites excluding steroid dienone is 4. The van der Waals surface area contributed by atoms with Gasteiger partial charge >= 0.3 is 0 Å². The molecule has 0 amide bonds. The molecule has 4 rings (SSSR count). The number of rotatable bonds is 1. The number of para-hydroxylation sites is 2. The molecule has 0 spiro atoms. The monoisotopic (exact) mass is 255 g/mol. The molecule has 0 bridgehead atoms. The molecule has 1 unspecified atom stereocenters. The van der Waals surface area contributed by atoms with Gasteiger partial charge in [-0.2, -0.15) is 0 Å². The molecule has 0 fully saturated rings. The van der Waals surface area contributed by atoms with Crippen LogP contribution < -0.4 is 4.90 Å². The van der Waals surface area contributed by atoms with Gasteiger partial charge in [-0.05, 0) is 36.3 Å². The van der Waals surface area contributed by atoms with Crippen LogP contribution in [-0.4, -0.2) is 7.85 Å². The van der Waals surface area contributed by atoms with E-state index in [4.69, 9.17) is 7.85 Å². The van der Waals surface area contributed by atoms with Crippen molar-refractivity contribution in [3.63, 3.8) is 0 Å². The van der Waals surface area contributed by atoms with Crippen LogP contribution in [0.3, 0.4) is 0 Å². The number of fused-ring (bicyclic) bond motifs is 3. The van der Waals surface area contributed by atoms with Crippen LogP contribution >= 0.6 is 0 Å². The molecule has 0 N–H and O–H groups in total. The molecule has 1 aliphatic carbocycles. The van der Waals surface area contributed by atoms with Gasteiger partial charge in [-0.25, -0.2) is 0 Å². The Morgan fingerprint density at radius 1 is 0.900 bits per heavy atom. The Kier molecular flexibility index (Phi) is 2.56. The van der Waals surface area contributed by atoms with Crippen molar-refractivity contribution in [2.45, 2.75) is 12.3 Å². The van der Waals surface area contributed by atoms with Crippen LogP contribution in [0, 0.1) is 0 Å². The van der Waals surface area contributed by atoms with E-state index in [9.17, 15) is 0 Å². The van der Waals surface area contributed by atoms with Crippen molar-refractivity contribution >= 4 is 19.2 Å². The van der Waals surface area contributed by atoms with E-state index in [0.29, 0.717) is 5.92 Å². The van der Waals surface area contributed by atoms with Gasteiger partial charge in [-0.1, -0.05) is 42.5 Å². The highest BCUT2D eigenvalue weighted by Gasteiger charge is 2.34. The molecular formula is C18H14BN. The maximum atomic E-state index is 6.03. The third kappa shape index (κ3) is 1.65. The van der Waals surface area contributed by atoms with Crippen molar-refractivity contribution in [2.75, 3.05) is 4.90 Å². The molecule has 20 heavy (non-hydrogen) atoms. The fourth-order valence-electron chi connectivity index (χ4n) is 3.21. The summed E-state index contributed by atoms with van der Waals surface area (Å²) < 4.78 is 0. The maximum Gasteiger partial charge on any atom is 0.107 e. The van der Waals surface area contributed by atoms with Crippen LogP contribution in [0.4, 0.5) is 11.4 Å². The lowest BCUT2D eigenvalue weighted by molar-refractivity contribution is 0.809. The summed E-state index contributed by atoms with van der Waals surface area (Å²) in [6.07, 6.45) is 5.11. The van der Waals surface area contributed by atoms with Crippen molar-refractivity contribution in [1.82, 2.24) is 0 Å². The Balaban J connectivity index is 1.93. The first-order valence-corrected chi connectivity index (χ1v) is 6.95. The molecular weight excluding hydrogens is 241 g/mol. The minimum absolute atomic E-state index is 0.386. The van der Waals surface area contributed by atoms with Crippen LogP contribution in [0.15, 0.2) is 77.9 Å². The zero-order chi connectivity index (χ0) is 13.5. The summed E-state index contributed by atoms with van der Waals surface area (Å²) >= 11 is 0. The number of hydrogen-bond donors (Lipinski definition) is 0. The minimum Gasteiger partial charge on any atom is -0.313 e. The molecule has 2 radical (unpaired) electrons. The standard InChI is InChI=1S/C18H14BN/c19-13-10-11-18-16(12-13)15-8-4-5-9-17(15)20(18)14-6-2-1-3-7-14/h1-11,16H,12H2. The SMILES string of the molecule is [B]C1=CC=C2C(C1)c1ccccc1N2c1ccccc1. The molecule has 1 atom stereocenters. The Bertz CT molecular complexity index is 715. The van der Waals surface area contributed by atoms with Crippen LogP contribution in [0.25, 0.3) is 0 Å². The van der Waals surface area contributed by atoms with Gasteiger partial charge in [0.05, 0.1) is 0 Å². The highest BCUT2D eigenvalue weighted by molar-refractivity contribution is 6.22. The third-order valence-corrected chi connectivity index (χ3v) is 4.09. The molecule has 2 heteroatoms. The summed E-state index contributed by atoms with van der Waals surface area (Å²) in [5.41, 5.74) is 6.15. The zero-order valence-corrected chi connectivity index (χ0v) is 11.2. The van der Waals surface area contributed by atoms with E-state index < -0.39 is 0 Å². The largest absolute Gasteiger partial charge is 0.313 e. The van der Waals surface area contributed by atoms with E-state index in [1.165, 1.54) is 22.6 Å². The first-order valence-electron chi connectivity index (χ1n) is 6.95. The number of anilines is 2. The van der Waals surface area contributed by atoms with E-state index in [-0.39, 0.29) is 0 Å². The van der Waals surface area contributed by atoms with Gasteiger partial charge in [0.25, 0.3) is 0 Å². The fourth-order valence-corrected chi connectivity index (χ4v) is 3.21. The summed E-state index contributed by atoms with van der Waals surface area (Å²) in [4.78, 5) is 2.35. The zero-order valence-electron chi connectivity index (χ0n) is 11.2. The first kappa shape index (κ1) is 11.6. The van der Waals surface area contributed by atoms with Crippen LogP contribution in [0.5, 0.6) is 0 Å². The molecule has 94 valence electrons.